The van der Waals surface area contributed by atoms with Gasteiger partial charge in [0.25, 0.3) is 0 Å². The molecule has 1 rings (SSSR count). The Bertz CT molecular complexity index is 387. The number of oxime groups is 1. The fourth-order valence-electron chi connectivity index (χ4n) is 1.65. The standard InChI is InChI=1S/C13H17NO3/c1-3-17-13(15)9-12(10(2)14-16)11-7-5-4-6-8-11/h4-8,12,16H,3,9H2,1-2H3/b14-10+. The smallest absolute Gasteiger partial charge is 0.306 e. The normalized spacial score (nSPS) is 13.2. The Morgan fingerprint density at radius 3 is 2.59 bits per heavy atom. The molecule has 0 aliphatic carbocycles. The maximum Gasteiger partial charge on any atom is 0.306 e. The molecule has 0 radical (unpaired) electrons. The van der Waals surface area contributed by atoms with E-state index in [1.807, 2.05) is 30.3 Å². The first-order chi connectivity index (χ1) is 8.19. The fourth-order valence-corrected chi connectivity index (χ4v) is 1.65. The highest BCUT2D eigenvalue weighted by atomic mass is 16.5. The van der Waals surface area contributed by atoms with Crippen LogP contribution in [-0.4, -0.2) is 23.5 Å². The summed E-state index contributed by atoms with van der Waals surface area (Å²) in [6.07, 6.45) is 0.188. The zero-order chi connectivity index (χ0) is 12.7. The lowest BCUT2D eigenvalue weighted by Gasteiger charge is -2.15. The van der Waals surface area contributed by atoms with E-state index in [9.17, 15) is 4.79 Å². The lowest BCUT2D eigenvalue weighted by Crippen LogP contribution is -2.16. The van der Waals surface area contributed by atoms with Gasteiger partial charge in [-0.2, -0.15) is 0 Å². The topological polar surface area (TPSA) is 58.9 Å². The third-order valence-electron chi connectivity index (χ3n) is 2.54. The summed E-state index contributed by atoms with van der Waals surface area (Å²) in [5, 5.41) is 12.0. The van der Waals surface area contributed by atoms with Gasteiger partial charge in [0, 0.05) is 5.92 Å². The Morgan fingerprint density at radius 2 is 2.06 bits per heavy atom. The Hall–Kier alpha value is -1.84. The third kappa shape index (κ3) is 3.90. The Balaban J connectivity index is 2.86. The van der Waals surface area contributed by atoms with E-state index in [0.717, 1.165) is 5.56 Å². The molecule has 0 aromatic heterocycles. The summed E-state index contributed by atoms with van der Waals surface area (Å²) < 4.78 is 4.91. The average Bonchev–Trinajstić information content (AvgIpc) is 2.36. The number of ether oxygens (including phenoxy) is 1. The highest BCUT2D eigenvalue weighted by Gasteiger charge is 2.20. The molecule has 0 saturated carbocycles. The molecule has 4 nitrogen and oxygen atoms in total. The molecule has 0 amide bonds. The summed E-state index contributed by atoms with van der Waals surface area (Å²) in [6.45, 7) is 3.81. The van der Waals surface area contributed by atoms with Crippen LogP contribution in [0.2, 0.25) is 0 Å². The fraction of sp³-hybridized carbons (Fsp3) is 0.385. The highest BCUT2D eigenvalue weighted by molar-refractivity contribution is 5.91. The van der Waals surface area contributed by atoms with Crippen LogP contribution < -0.4 is 0 Å². The van der Waals surface area contributed by atoms with Crippen molar-refractivity contribution >= 4 is 11.7 Å². The van der Waals surface area contributed by atoms with Crippen LogP contribution >= 0.6 is 0 Å². The summed E-state index contributed by atoms with van der Waals surface area (Å²) in [7, 11) is 0. The van der Waals surface area contributed by atoms with Crippen LogP contribution in [0.25, 0.3) is 0 Å². The number of carbonyl (C=O) groups excluding carboxylic acids is 1. The van der Waals surface area contributed by atoms with Crippen molar-refractivity contribution in [1.82, 2.24) is 0 Å². The first-order valence-electron chi connectivity index (χ1n) is 5.58. The molecular weight excluding hydrogens is 218 g/mol. The van der Waals surface area contributed by atoms with Crippen molar-refractivity contribution in [2.75, 3.05) is 6.61 Å². The first-order valence-corrected chi connectivity index (χ1v) is 5.58. The molecule has 0 saturated heterocycles. The number of hydrogen-bond donors (Lipinski definition) is 1. The van der Waals surface area contributed by atoms with Gasteiger partial charge >= 0.3 is 5.97 Å². The van der Waals surface area contributed by atoms with Crippen molar-refractivity contribution in [3.05, 3.63) is 35.9 Å². The molecule has 4 heteroatoms. The van der Waals surface area contributed by atoms with Crippen molar-refractivity contribution < 1.29 is 14.7 Å². The van der Waals surface area contributed by atoms with Crippen LogP contribution in [0.4, 0.5) is 0 Å². The van der Waals surface area contributed by atoms with Crippen molar-refractivity contribution in [2.45, 2.75) is 26.2 Å². The second-order valence-corrected chi connectivity index (χ2v) is 3.71. The van der Waals surface area contributed by atoms with Gasteiger partial charge in [-0.15, -0.1) is 0 Å². The van der Waals surface area contributed by atoms with Gasteiger partial charge in [-0.3, -0.25) is 4.79 Å². The highest BCUT2D eigenvalue weighted by Crippen LogP contribution is 2.21. The van der Waals surface area contributed by atoms with E-state index in [4.69, 9.17) is 9.94 Å². The minimum absolute atomic E-state index is 0.188. The lowest BCUT2D eigenvalue weighted by atomic mass is 9.92. The van der Waals surface area contributed by atoms with Gasteiger partial charge in [0.1, 0.15) is 0 Å². The number of hydrogen-bond acceptors (Lipinski definition) is 4. The van der Waals surface area contributed by atoms with Crippen LogP contribution in [0.5, 0.6) is 0 Å². The zero-order valence-corrected chi connectivity index (χ0v) is 10.1. The summed E-state index contributed by atoms with van der Waals surface area (Å²) in [5.41, 5.74) is 1.44. The van der Waals surface area contributed by atoms with Crippen LogP contribution in [0.1, 0.15) is 31.7 Å². The van der Waals surface area contributed by atoms with Crippen LogP contribution in [0.15, 0.2) is 35.5 Å². The molecule has 1 N–H and O–H groups in total. The number of rotatable bonds is 5. The molecule has 0 heterocycles. The van der Waals surface area contributed by atoms with E-state index in [1.165, 1.54) is 0 Å². The molecule has 0 aliphatic heterocycles. The van der Waals surface area contributed by atoms with E-state index in [2.05, 4.69) is 5.16 Å². The zero-order valence-electron chi connectivity index (χ0n) is 10.1. The predicted octanol–water partition coefficient (Wildman–Crippen LogP) is 2.57. The lowest BCUT2D eigenvalue weighted by molar-refractivity contribution is -0.143. The Labute approximate surface area is 101 Å². The van der Waals surface area contributed by atoms with Gasteiger partial charge in [-0.25, -0.2) is 0 Å². The quantitative estimate of drug-likeness (QED) is 0.369. The van der Waals surface area contributed by atoms with E-state index in [1.54, 1.807) is 13.8 Å². The average molecular weight is 235 g/mol. The Morgan fingerprint density at radius 1 is 1.41 bits per heavy atom. The van der Waals surface area contributed by atoms with Gasteiger partial charge < -0.3 is 9.94 Å². The summed E-state index contributed by atoms with van der Waals surface area (Å²) in [5.74, 6) is -0.524. The van der Waals surface area contributed by atoms with Crippen LogP contribution in [0.3, 0.4) is 0 Å². The molecule has 92 valence electrons. The number of nitrogens with zero attached hydrogens (tertiary/aromatic N) is 1. The molecule has 1 aromatic carbocycles. The van der Waals surface area contributed by atoms with Gasteiger partial charge in [-0.05, 0) is 19.4 Å². The number of benzene rings is 1. The SMILES string of the molecule is CCOC(=O)CC(/C(C)=N/O)c1ccccc1. The maximum absolute atomic E-state index is 11.5. The molecule has 0 bridgehead atoms. The molecule has 1 atom stereocenters. The maximum atomic E-state index is 11.5. The second kappa shape index (κ2) is 6.68. The Kier molecular flexibility index (Phi) is 5.20. The van der Waals surface area contributed by atoms with Crippen molar-refractivity contribution in [3.8, 4) is 0 Å². The summed E-state index contributed by atoms with van der Waals surface area (Å²) in [6, 6.07) is 9.48. The molecule has 0 aliphatic rings. The number of esters is 1. The predicted molar refractivity (Wildman–Crippen MR) is 65.3 cm³/mol. The van der Waals surface area contributed by atoms with Crippen molar-refractivity contribution in [1.29, 1.82) is 0 Å². The van der Waals surface area contributed by atoms with Gasteiger partial charge in [0.15, 0.2) is 0 Å². The molecule has 1 aromatic rings. The van der Waals surface area contributed by atoms with Gasteiger partial charge in [-0.1, -0.05) is 35.5 Å². The molecule has 0 fully saturated rings. The van der Waals surface area contributed by atoms with Crippen molar-refractivity contribution in [3.63, 3.8) is 0 Å². The van der Waals surface area contributed by atoms with E-state index >= 15 is 0 Å². The number of carbonyl (C=O) groups is 1. The van der Waals surface area contributed by atoms with E-state index in [-0.39, 0.29) is 18.3 Å². The van der Waals surface area contributed by atoms with Crippen LogP contribution in [-0.2, 0) is 9.53 Å². The monoisotopic (exact) mass is 235 g/mol. The largest absolute Gasteiger partial charge is 0.466 e. The third-order valence-corrected chi connectivity index (χ3v) is 2.54. The molecule has 0 spiro atoms. The van der Waals surface area contributed by atoms with Gasteiger partial charge in [0.05, 0.1) is 18.7 Å². The molecule has 1 unspecified atom stereocenters. The minimum Gasteiger partial charge on any atom is -0.466 e. The van der Waals surface area contributed by atoms with E-state index in [0.29, 0.717) is 12.3 Å². The molecular formula is C13H17NO3. The van der Waals surface area contributed by atoms with E-state index < -0.39 is 0 Å². The van der Waals surface area contributed by atoms with Crippen molar-refractivity contribution in [2.24, 2.45) is 5.16 Å². The van der Waals surface area contributed by atoms with Gasteiger partial charge in [0.2, 0.25) is 0 Å². The summed E-state index contributed by atoms with van der Waals surface area (Å²) in [4.78, 5) is 11.5. The second-order valence-electron chi connectivity index (χ2n) is 3.71. The first kappa shape index (κ1) is 13.2. The minimum atomic E-state index is -0.288. The summed E-state index contributed by atoms with van der Waals surface area (Å²) >= 11 is 0. The van der Waals surface area contributed by atoms with Crippen LogP contribution in [0, 0.1) is 0 Å². The molecule has 17 heavy (non-hydrogen) atoms.